The number of benzene rings is 1. The van der Waals surface area contributed by atoms with Gasteiger partial charge in [0.1, 0.15) is 0 Å². The van der Waals surface area contributed by atoms with E-state index in [0.717, 1.165) is 0 Å². The molecule has 0 N–H and O–H groups in total. The summed E-state index contributed by atoms with van der Waals surface area (Å²) in [5.74, 6) is 0.966. The first-order chi connectivity index (χ1) is 7.69. The molecule has 6 heteroatoms. The highest BCUT2D eigenvalue weighted by atomic mass is 31.1. The van der Waals surface area contributed by atoms with Gasteiger partial charge in [0.05, 0.1) is 26.9 Å². The van der Waals surface area contributed by atoms with Gasteiger partial charge in [0.2, 0.25) is 14.2 Å². The van der Waals surface area contributed by atoms with Gasteiger partial charge in [-0.25, -0.2) is 0 Å². The zero-order valence-electron chi connectivity index (χ0n) is 9.14. The van der Waals surface area contributed by atoms with E-state index >= 15 is 0 Å². The molecule has 16 heavy (non-hydrogen) atoms. The number of ether oxygens (including phenoxy) is 3. The first-order valence-electron chi connectivity index (χ1n) is 4.36. The Kier molecular flexibility index (Phi) is 4.26. The summed E-state index contributed by atoms with van der Waals surface area (Å²) in [6, 6.07) is 3.03. The van der Waals surface area contributed by atoms with Crippen LogP contribution in [0.2, 0.25) is 0 Å². The van der Waals surface area contributed by atoms with E-state index in [1.54, 1.807) is 6.07 Å². The molecule has 0 aromatic heterocycles. The van der Waals surface area contributed by atoms with Gasteiger partial charge in [-0.2, -0.15) is 0 Å². The average molecular weight is 242 g/mol. The maximum atomic E-state index is 11.4. The first kappa shape index (κ1) is 12.5. The lowest BCUT2D eigenvalue weighted by Gasteiger charge is -2.13. The summed E-state index contributed by atoms with van der Waals surface area (Å²) >= 11 is 0. The third-order valence-electron chi connectivity index (χ3n) is 2.02. The lowest BCUT2D eigenvalue weighted by atomic mass is 10.2. The summed E-state index contributed by atoms with van der Waals surface area (Å²) in [6.07, 6.45) is 0. The molecule has 0 aliphatic heterocycles. The van der Waals surface area contributed by atoms with Crippen LogP contribution in [0.3, 0.4) is 0 Å². The van der Waals surface area contributed by atoms with Gasteiger partial charge in [-0.15, -0.1) is 0 Å². The van der Waals surface area contributed by atoms with E-state index in [2.05, 4.69) is 0 Å². The summed E-state index contributed by atoms with van der Waals surface area (Å²) in [7, 11) is 3.72. The quantitative estimate of drug-likeness (QED) is 0.740. The minimum absolute atomic E-state index is 0.191. The fourth-order valence-electron chi connectivity index (χ4n) is 1.32. The Morgan fingerprint density at radius 3 is 2.12 bits per heavy atom. The van der Waals surface area contributed by atoms with Gasteiger partial charge in [-0.3, -0.25) is 9.36 Å². The zero-order valence-corrected chi connectivity index (χ0v) is 10.0. The van der Waals surface area contributed by atoms with Crippen LogP contribution in [-0.4, -0.2) is 26.9 Å². The lowest BCUT2D eigenvalue weighted by molar-refractivity contribution is 0.107. The standard InChI is InChI=1S/C10H11O5P/c1-13-7-5-4-6(10(11)16-12)8(14-2)9(7)15-3/h4-5H,1-3H3. The predicted octanol–water partition coefficient (Wildman–Crippen LogP) is 2.14. The van der Waals surface area contributed by atoms with E-state index in [0.29, 0.717) is 11.5 Å². The van der Waals surface area contributed by atoms with E-state index in [9.17, 15) is 9.36 Å². The van der Waals surface area contributed by atoms with Crippen molar-refractivity contribution in [1.29, 1.82) is 0 Å². The molecule has 0 bridgehead atoms. The molecule has 86 valence electrons. The minimum atomic E-state index is -0.593. The Balaban J connectivity index is 3.42. The van der Waals surface area contributed by atoms with Gasteiger partial charge in [0.15, 0.2) is 11.5 Å². The van der Waals surface area contributed by atoms with Crippen molar-refractivity contribution in [2.24, 2.45) is 0 Å². The Morgan fingerprint density at radius 1 is 1.06 bits per heavy atom. The Morgan fingerprint density at radius 2 is 1.69 bits per heavy atom. The van der Waals surface area contributed by atoms with Crippen molar-refractivity contribution >= 4 is 14.0 Å². The van der Waals surface area contributed by atoms with Gasteiger partial charge in [-0.1, -0.05) is 0 Å². The molecule has 0 heterocycles. The summed E-state index contributed by atoms with van der Waals surface area (Å²) in [5, 5.41) is 0. The van der Waals surface area contributed by atoms with Crippen LogP contribution in [0.15, 0.2) is 12.1 Å². The molecule has 0 unspecified atom stereocenters. The van der Waals surface area contributed by atoms with Crippen LogP contribution in [0.25, 0.3) is 0 Å². The third-order valence-corrected chi connectivity index (χ3v) is 2.42. The van der Waals surface area contributed by atoms with Crippen molar-refractivity contribution in [2.45, 2.75) is 0 Å². The normalized spacial score (nSPS) is 9.94. The molecule has 0 atom stereocenters. The third kappa shape index (κ3) is 2.14. The van der Waals surface area contributed by atoms with Crippen LogP contribution in [0.1, 0.15) is 10.4 Å². The smallest absolute Gasteiger partial charge is 0.256 e. The predicted molar refractivity (Wildman–Crippen MR) is 58.0 cm³/mol. The zero-order chi connectivity index (χ0) is 12.1. The molecular formula is C10H11O5P. The molecule has 0 aliphatic carbocycles. The van der Waals surface area contributed by atoms with Gasteiger partial charge in [0, 0.05) is 0 Å². The number of hydrogen-bond acceptors (Lipinski definition) is 5. The van der Waals surface area contributed by atoms with Crippen LogP contribution in [0, 0.1) is 0 Å². The average Bonchev–Trinajstić information content (AvgIpc) is 2.35. The summed E-state index contributed by atoms with van der Waals surface area (Å²) in [4.78, 5) is 11.4. The maximum absolute atomic E-state index is 11.4. The first-order valence-corrected chi connectivity index (χ1v) is 5.17. The highest BCUT2D eigenvalue weighted by Crippen LogP contribution is 2.40. The maximum Gasteiger partial charge on any atom is 0.256 e. The largest absolute Gasteiger partial charge is 0.493 e. The molecule has 0 spiro atoms. The fraction of sp³-hybridized carbons (Fsp3) is 0.300. The number of methoxy groups -OCH3 is 3. The number of carbonyl (C=O) groups is 1. The van der Waals surface area contributed by atoms with Gasteiger partial charge in [0.25, 0.3) is 5.52 Å². The number of rotatable bonds is 5. The molecule has 0 aliphatic rings. The number of carbonyl (C=O) groups excluding carboxylic acids is 1. The SMILES string of the molecule is COc1ccc(C(=O)P=O)c(OC)c1OC. The molecule has 1 rings (SSSR count). The molecule has 1 aromatic rings. The fourth-order valence-corrected chi connectivity index (χ4v) is 1.59. The van der Waals surface area contributed by atoms with Crippen molar-refractivity contribution in [2.75, 3.05) is 21.3 Å². The van der Waals surface area contributed by atoms with Crippen molar-refractivity contribution in [1.82, 2.24) is 0 Å². The van der Waals surface area contributed by atoms with Crippen LogP contribution in [0.4, 0.5) is 0 Å². The lowest BCUT2D eigenvalue weighted by Crippen LogP contribution is -2.00. The van der Waals surface area contributed by atoms with Gasteiger partial charge >= 0.3 is 0 Å². The summed E-state index contributed by atoms with van der Waals surface area (Å²) in [5.41, 5.74) is -0.380. The second-order valence-corrected chi connectivity index (χ2v) is 3.37. The van der Waals surface area contributed by atoms with Crippen LogP contribution < -0.4 is 14.2 Å². The molecule has 5 nitrogen and oxygen atoms in total. The Bertz CT molecular complexity index is 416. The van der Waals surface area contributed by atoms with E-state index in [1.807, 2.05) is 0 Å². The van der Waals surface area contributed by atoms with Crippen molar-refractivity contribution in [3.05, 3.63) is 17.7 Å². The second-order valence-electron chi connectivity index (χ2n) is 2.78. The van der Waals surface area contributed by atoms with Crippen LogP contribution in [-0.2, 0) is 4.57 Å². The Labute approximate surface area is 94.5 Å². The van der Waals surface area contributed by atoms with Crippen molar-refractivity contribution in [3.8, 4) is 17.2 Å². The molecule has 0 saturated heterocycles. The second kappa shape index (κ2) is 5.47. The van der Waals surface area contributed by atoms with Gasteiger partial charge in [-0.05, 0) is 12.1 Å². The number of hydrogen-bond donors (Lipinski definition) is 0. The van der Waals surface area contributed by atoms with Crippen LogP contribution >= 0.6 is 8.46 Å². The van der Waals surface area contributed by atoms with Gasteiger partial charge < -0.3 is 14.2 Å². The van der Waals surface area contributed by atoms with Crippen molar-refractivity contribution < 1.29 is 23.6 Å². The molecule has 1 aromatic carbocycles. The molecule has 0 saturated carbocycles. The van der Waals surface area contributed by atoms with E-state index in [-0.39, 0.29) is 11.3 Å². The summed E-state index contributed by atoms with van der Waals surface area (Å²) < 4.78 is 25.7. The molecule has 0 fully saturated rings. The highest BCUT2D eigenvalue weighted by molar-refractivity contribution is 7.47. The molecule has 0 amide bonds. The highest BCUT2D eigenvalue weighted by Gasteiger charge is 2.20. The topological polar surface area (TPSA) is 61.8 Å². The minimum Gasteiger partial charge on any atom is -0.493 e. The molecular weight excluding hydrogens is 231 g/mol. The molecule has 0 radical (unpaired) electrons. The van der Waals surface area contributed by atoms with E-state index in [1.165, 1.54) is 27.4 Å². The van der Waals surface area contributed by atoms with Crippen molar-refractivity contribution in [3.63, 3.8) is 0 Å². The van der Waals surface area contributed by atoms with E-state index in [4.69, 9.17) is 14.2 Å². The summed E-state index contributed by atoms with van der Waals surface area (Å²) in [6.45, 7) is 0. The monoisotopic (exact) mass is 242 g/mol. The van der Waals surface area contributed by atoms with E-state index < -0.39 is 14.0 Å². The van der Waals surface area contributed by atoms with Crippen LogP contribution in [0.5, 0.6) is 17.2 Å². The Hall–Kier alpha value is -1.61.